The molecule has 2 aromatic rings. The number of benzene rings is 1. The zero-order valence-electron chi connectivity index (χ0n) is 9.98. The van der Waals surface area contributed by atoms with E-state index in [1.807, 2.05) is 4.72 Å². The Hall–Kier alpha value is -1.45. The van der Waals surface area contributed by atoms with Gasteiger partial charge in [-0.25, -0.2) is 8.42 Å². The number of anilines is 1. The topological polar surface area (TPSA) is 66.4 Å². The third-order valence-electron chi connectivity index (χ3n) is 2.31. The van der Waals surface area contributed by atoms with E-state index in [2.05, 4.69) is 0 Å². The van der Waals surface area contributed by atoms with Crippen LogP contribution in [0.1, 0.15) is 5.56 Å². The second kappa shape index (κ2) is 5.39. The average molecular weight is 358 g/mol. The van der Waals surface area contributed by atoms with Gasteiger partial charge in [-0.15, -0.1) is 11.3 Å². The van der Waals surface area contributed by atoms with E-state index in [9.17, 15) is 26.7 Å². The number of aromatic hydroxyl groups is 1. The maximum absolute atomic E-state index is 12.6. The van der Waals surface area contributed by atoms with Crippen LogP contribution in [0.25, 0.3) is 0 Å². The van der Waals surface area contributed by atoms with Crippen molar-refractivity contribution in [3.05, 3.63) is 40.2 Å². The highest BCUT2D eigenvalue weighted by atomic mass is 35.5. The molecule has 2 rings (SSSR count). The molecular weight excluding hydrogens is 351 g/mol. The summed E-state index contributed by atoms with van der Waals surface area (Å²) in [6.45, 7) is 0. The number of rotatable bonds is 3. The number of hydrogen-bond donors (Lipinski definition) is 2. The van der Waals surface area contributed by atoms with Crippen LogP contribution in [0.3, 0.4) is 0 Å². The van der Waals surface area contributed by atoms with E-state index in [1.165, 1.54) is 12.1 Å². The van der Waals surface area contributed by atoms with Gasteiger partial charge < -0.3 is 5.11 Å². The zero-order valence-corrected chi connectivity index (χ0v) is 12.4. The van der Waals surface area contributed by atoms with Gasteiger partial charge in [-0.3, -0.25) is 4.72 Å². The van der Waals surface area contributed by atoms with E-state index in [4.69, 9.17) is 11.6 Å². The molecule has 1 aromatic carbocycles. The molecule has 0 aliphatic carbocycles. The smallest absolute Gasteiger partial charge is 0.416 e. The fourth-order valence-corrected chi connectivity index (χ4v) is 4.00. The number of phenolic OH excluding ortho intramolecular Hbond substituents is 1. The average Bonchev–Trinajstić information content (AvgIpc) is 2.74. The summed E-state index contributed by atoms with van der Waals surface area (Å²) in [6.07, 6.45) is -4.70. The summed E-state index contributed by atoms with van der Waals surface area (Å²) in [5, 5.41) is 9.28. The Kier molecular flexibility index (Phi) is 4.09. The van der Waals surface area contributed by atoms with Crippen LogP contribution >= 0.6 is 22.9 Å². The maximum Gasteiger partial charge on any atom is 0.416 e. The molecule has 0 atom stereocenters. The van der Waals surface area contributed by atoms with Crippen molar-refractivity contribution in [1.29, 1.82) is 0 Å². The fraction of sp³-hybridized carbons (Fsp3) is 0.0909. The van der Waals surface area contributed by atoms with Crippen LogP contribution in [-0.2, 0) is 16.2 Å². The predicted molar refractivity (Wildman–Crippen MR) is 73.2 cm³/mol. The summed E-state index contributed by atoms with van der Waals surface area (Å²) in [6, 6.07) is 4.54. The summed E-state index contributed by atoms with van der Waals surface area (Å²) in [4.78, 5) is 0. The van der Waals surface area contributed by atoms with E-state index < -0.39 is 33.2 Å². The van der Waals surface area contributed by atoms with Gasteiger partial charge in [0.25, 0.3) is 10.0 Å². The number of sulfonamides is 1. The lowest BCUT2D eigenvalue weighted by Crippen LogP contribution is -2.12. The number of phenols is 1. The summed E-state index contributed by atoms with van der Waals surface area (Å²) in [5.41, 5.74) is -1.56. The van der Waals surface area contributed by atoms with Crippen molar-refractivity contribution >= 4 is 38.6 Å². The van der Waals surface area contributed by atoms with E-state index in [-0.39, 0.29) is 8.55 Å². The Morgan fingerprint density at radius 2 is 1.86 bits per heavy atom. The van der Waals surface area contributed by atoms with Crippen molar-refractivity contribution in [2.75, 3.05) is 4.72 Å². The first-order valence-electron chi connectivity index (χ1n) is 5.27. The van der Waals surface area contributed by atoms with Gasteiger partial charge in [0.1, 0.15) is 9.96 Å². The highest BCUT2D eigenvalue weighted by Gasteiger charge is 2.31. The van der Waals surface area contributed by atoms with Crippen LogP contribution in [0, 0.1) is 0 Å². The molecule has 0 radical (unpaired) electrons. The predicted octanol–water partition coefficient (Wildman–Crippen LogP) is 3.93. The molecule has 0 unspecified atom stereocenters. The molecule has 0 bridgehead atoms. The van der Waals surface area contributed by atoms with E-state index in [1.54, 1.807) is 0 Å². The second-order valence-corrected chi connectivity index (χ2v) is 7.55. The molecule has 0 amide bonds. The van der Waals surface area contributed by atoms with Crippen molar-refractivity contribution < 1.29 is 26.7 Å². The molecule has 0 aliphatic rings. The standard InChI is InChI=1S/C11H7ClF3NO3S2/c12-9-1-2-10(20-9)21(18,19)16-7-3-6(11(13,14)15)4-8(17)5-7/h1-5,16-17H. The molecule has 0 saturated heterocycles. The monoisotopic (exact) mass is 357 g/mol. The molecule has 10 heteroatoms. The van der Waals surface area contributed by atoms with Crippen LogP contribution in [0.2, 0.25) is 4.34 Å². The summed E-state index contributed by atoms with van der Waals surface area (Å²) >= 11 is 6.38. The van der Waals surface area contributed by atoms with Gasteiger partial charge >= 0.3 is 6.18 Å². The van der Waals surface area contributed by atoms with Gasteiger partial charge in [0.15, 0.2) is 0 Å². The Balaban J connectivity index is 2.38. The molecule has 4 nitrogen and oxygen atoms in total. The highest BCUT2D eigenvalue weighted by molar-refractivity contribution is 7.94. The molecule has 114 valence electrons. The van der Waals surface area contributed by atoms with Gasteiger partial charge in [-0.1, -0.05) is 11.6 Å². The first kappa shape index (κ1) is 15.9. The Labute approximate surface area is 126 Å². The first-order valence-corrected chi connectivity index (χ1v) is 7.95. The maximum atomic E-state index is 12.6. The first-order chi connectivity index (χ1) is 9.58. The molecule has 0 spiro atoms. The molecule has 1 aromatic heterocycles. The van der Waals surface area contributed by atoms with Gasteiger partial charge in [-0.05, 0) is 24.3 Å². The molecule has 1 heterocycles. The molecule has 0 aliphatic heterocycles. The molecular formula is C11H7ClF3NO3S2. The fourth-order valence-electron chi connectivity index (χ4n) is 1.48. The number of halogens is 4. The van der Waals surface area contributed by atoms with Crippen LogP contribution < -0.4 is 4.72 Å². The number of alkyl halides is 3. The normalized spacial score (nSPS) is 12.4. The van der Waals surface area contributed by atoms with Gasteiger partial charge in [0, 0.05) is 6.07 Å². The van der Waals surface area contributed by atoms with Crippen LogP contribution in [0.15, 0.2) is 34.5 Å². The van der Waals surface area contributed by atoms with E-state index >= 15 is 0 Å². The minimum absolute atomic E-state index is 0.149. The number of hydrogen-bond acceptors (Lipinski definition) is 4. The lowest BCUT2D eigenvalue weighted by Gasteiger charge is -2.11. The number of thiophene rings is 1. The molecule has 0 fully saturated rings. The Morgan fingerprint density at radius 3 is 2.38 bits per heavy atom. The van der Waals surface area contributed by atoms with Gasteiger partial charge in [0.2, 0.25) is 0 Å². The van der Waals surface area contributed by atoms with Crippen LogP contribution in [-0.4, -0.2) is 13.5 Å². The second-order valence-electron chi connectivity index (χ2n) is 3.93. The quantitative estimate of drug-likeness (QED) is 0.874. The van der Waals surface area contributed by atoms with E-state index in [0.29, 0.717) is 12.1 Å². The minimum atomic E-state index is -4.70. The van der Waals surface area contributed by atoms with Crippen molar-refractivity contribution in [1.82, 2.24) is 0 Å². The summed E-state index contributed by atoms with van der Waals surface area (Å²) < 4.78 is 63.8. The van der Waals surface area contributed by atoms with E-state index in [0.717, 1.165) is 17.4 Å². The lowest BCUT2D eigenvalue weighted by atomic mass is 10.2. The highest BCUT2D eigenvalue weighted by Crippen LogP contribution is 2.35. The number of nitrogens with one attached hydrogen (secondary N) is 1. The van der Waals surface area contributed by atoms with Crippen molar-refractivity contribution in [2.24, 2.45) is 0 Å². The largest absolute Gasteiger partial charge is 0.508 e. The van der Waals surface area contributed by atoms with Crippen molar-refractivity contribution in [3.63, 3.8) is 0 Å². The van der Waals surface area contributed by atoms with Gasteiger partial charge in [-0.2, -0.15) is 13.2 Å². The summed E-state index contributed by atoms with van der Waals surface area (Å²) in [7, 11) is -4.07. The Bertz CT molecular complexity index is 771. The lowest BCUT2D eigenvalue weighted by molar-refractivity contribution is -0.137. The minimum Gasteiger partial charge on any atom is -0.508 e. The third kappa shape index (κ3) is 3.80. The third-order valence-corrected chi connectivity index (χ3v) is 5.41. The molecule has 2 N–H and O–H groups in total. The van der Waals surface area contributed by atoms with Gasteiger partial charge in [0.05, 0.1) is 15.6 Å². The van der Waals surface area contributed by atoms with Crippen LogP contribution in [0.5, 0.6) is 5.75 Å². The molecule has 21 heavy (non-hydrogen) atoms. The zero-order chi connectivity index (χ0) is 15.8. The summed E-state index contributed by atoms with van der Waals surface area (Å²) in [5.74, 6) is -0.702. The van der Waals surface area contributed by atoms with Crippen molar-refractivity contribution in [2.45, 2.75) is 10.4 Å². The van der Waals surface area contributed by atoms with Crippen molar-refractivity contribution in [3.8, 4) is 5.75 Å². The Morgan fingerprint density at radius 1 is 1.19 bits per heavy atom. The SMILES string of the molecule is O=S(=O)(Nc1cc(O)cc(C(F)(F)F)c1)c1ccc(Cl)s1. The molecule has 0 saturated carbocycles. The van der Waals surface area contributed by atoms with Crippen LogP contribution in [0.4, 0.5) is 18.9 Å².